The molecule has 2 amide bonds. The maximum atomic E-state index is 11.8. The minimum Gasteiger partial charge on any atom is -0.354 e. The molecular weight excluding hydrogens is 342 g/mol. The summed E-state index contributed by atoms with van der Waals surface area (Å²) in [5.41, 5.74) is 1.35. The first-order chi connectivity index (χ1) is 11.9. The second-order valence-electron chi connectivity index (χ2n) is 5.34. The quantitative estimate of drug-likeness (QED) is 0.662. The van der Waals surface area contributed by atoms with E-state index >= 15 is 0 Å². The second-order valence-corrected chi connectivity index (χ2v) is 6.90. The SMILES string of the molecule is NS(=O)(=O)c1ccc(CCNC(=O)CNC(=O)c2ccccc2)cc1. The lowest BCUT2D eigenvalue weighted by Crippen LogP contribution is -2.37. The summed E-state index contributed by atoms with van der Waals surface area (Å²) in [6, 6.07) is 14.8. The van der Waals surface area contributed by atoms with Gasteiger partial charge in [0.2, 0.25) is 15.9 Å². The number of hydrogen-bond donors (Lipinski definition) is 3. The van der Waals surface area contributed by atoms with Gasteiger partial charge in [-0.25, -0.2) is 13.6 Å². The van der Waals surface area contributed by atoms with Crippen molar-refractivity contribution in [2.75, 3.05) is 13.1 Å². The Morgan fingerprint density at radius 3 is 2.16 bits per heavy atom. The van der Waals surface area contributed by atoms with E-state index in [0.717, 1.165) is 5.56 Å². The molecule has 0 aromatic heterocycles. The van der Waals surface area contributed by atoms with Crippen LogP contribution >= 0.6 is 0 Å². The van der Waals surface area contributed by atoms with E-state index in [-0.39, 0.29) is 23.3 Å². The third-order valence-corrected chi connectivity index (χ3v) is 4.36. The highest BCUT2D eigenvalue weighted by Gasteiger charge is 2.08. The summed E-state index contributed by atoms with van der Waals surface area (Å²) in [4.78, 5) is 23.6. The van der Waals surface area contributed by atoms with Gasteiger partial charge in [-0.2, -0.15) is 0 Å². The monoisotopic (exact) mass is 361 g/mol. The second kappa shape index (κ2) is 8.41. The molecule has 0 unspecified atom stereocenters. The number of rotatable bonds is 7. The number of primary sulfonamides is 1. The fourth-order valence-corrected chi connectivity index (χ4v) is 2.62. The van der Waals surface area contributed by atoms with Gasteiger partial charge in [-0.05, 0) is 36.2 Å². The Morgan fingerprint density at radius 2 is 1.56 bits per heavy atom. The van der Waals surface area contributed by atoms with Crippen LogP contribution in [0.4, 0.5) is 0 Å². The Balaban J connectivity index is 1.73. The molecule has 0 heterocycles. The Labute approximate surface area is 146 Å². The number of carbonyl (C=O) groups is 2. The molecule has 0 aliphatic heterocycles. The van der Waals surface area contributed by atoms with Gasteiger partial charge in [-0.3, -0.25) is 9.59 Å². The maximum absolute atomic E-state index is 11.8. The van der Waals surface area contributed by atoms with Crippen molar-refractivity contribution in [2.45, 2.75) is 11.3 Å². The fourth-order valence-electron chi connectivity index (χ4n) is 2.11. The van der Waals surface area contributed by atoms with Crippen molar-refractivity contribution in [1.29, 1.82) is 0 Å². The lowest BCUT2D eigenvalue weighted by atomic mass is 10.1. The zero-order valence-electron chi connectivity index (χ0n) is 13.4. The third kappa shape index (κ3) is 6.02. The van der Waals surface area contributed by atoms with Crippen molar-refractivity contribution >= 4 is 21.8 Å². The van der Waals surface area contributed by atoms with Crippen molar-refractivity contribution in [3.05, 3.63) is 65.7 Å². The summed E-state index contributed by atoms with van der Waals surface area (Å²) in [6.45, 7) is 0.257. The topological polar surface area (TPSA) is 118 Å². The van der Waals surface area contributed by atoms with E-state index in [4.69, 9.17) is 5.14 Å². The van der Waals surface area contributed by atoms with Crippen molar-refractivity contribution in [3.8, 4) is 0 Å². The minimum atomic E-state index is -3.70. The molecule has 0 fully saturated rings. The van der Waals surface area contributed by atoms with E-state index in [9.17, 15) is 18.0 Å². The van der Waals surface area contributed by atoms with Gasteiger partial charge in [0, 0.05) is 12.1 Å². The number of nitrogens with two attached hydrogens (primary N) is 1. The van der Waals surface area contributed by atoms with Crippen LogP contribution in [0, 0.1) is 0 Å². The summed E-state index contributed by atoms with van der Waals surface area (Å²) in [6.07, 6.45) is 0.531. The van der Waals surface area contributed by atoms with Gasteiger partial charge in [0.05, 0.1) is 11.4 Å². The predicted molar refractivity (Wildman–Crippen MR) is 93.3 cm³/mol. The van der Waals surface area contributed by atoms with E-state index in [0.29, 0.717) is 18.5 Å². The molecule has 0 aliphatic rings. The van der Waals surface area contributed by atoms with Gasteiger partial charge in [0.25, 0.3) is 5.91 Å². The zero-order chi connectivity index (χ0) is 18.3. The van der Waals surface area contributed by atoms with E-state index < -0.39 is 10.0 Å². The predicted octanol–water partition coefficient (Wildman–Crippen LogP) is 0.423. The summed E-state index contributed by atoms with van der Waals surface area (Å²) >= 11 is 0. The van der Waals surface area contributed by atoms with Crippen LogP contribution in [-0.2, 0) is 21.2 Å². The third-order valence-electron chi connectivity index (χ3n) is 3.43. The molecule has 0 saturated heterocycles. The largest absolute Gasteiger partial charge is 0.354 e. The summed E-state index contributed by atoms with van der Waals surface area (Å²) in [5.74, 6) is -0.611. The molecule has 0 spiro atoms. The van der Waals surface area contributed by atoms with Gasteiger partial charge in [0.1, 0.15) is 0 Å². The molecule has 132 valence electrons. The smallest absolute Gasteiger partial charge is 0.251 e. The number of nitrogens with one attached hydrogen (secondary N) is 2. The molecule has 0 bridgehead atoms. The highest BCUT2D eigenvalue weighted by molar-refractivity contribution is 7.89. The molecule has 2 aromatic carbocycles. The molecule has 25 heavy (non-hydrogen) atoms. The average Bonchev–Trinajstić information content (AvgIpc) is 2.60. The van der Waals surface area contributed by atoms with Crippen molar-refractivity contribution < 1.29 is 18.0 Å². The molecule has 0 saturated carbocycles. The van der Waals surface area contributed by atoms with Crippen LogP contribution in [0.1, 0.15) is 15.9 Å². The molecule has 8 heteroatoms. The highest BCUT2D eigenvalue weighted by Crippen LogP contribution is 2.08. The Hall–Kier alpha value is -2.71. The molecule has 4 N–H and O–H groups in total. The zero-order valence-corrected chi connectivity index (χ0v) is 14.3. The van der Waals surface area contributed by atoms with Crippen LogP contribution < -0.4 is 15.8 Å². The molecular formula is C17H19N3O4S. The van der Waals surface area contributed by atoms with Crippen molar-refractivity contribution in [2.24, 2.45) is 5.14 Å². The van der Waals surface area contributed by atoms with Crippen LogP contribution in [0.3, 0.4) is 0 Å². The fraction of sp³-hybridized carbons (Fsp3) is 0.176. The highest BCUT2D eigenvalue weighted by atomic mass is 32.2. The lowest BCUT2D eigenvalue weighted by molar-refractivity contribution is -0.120. The van der Waals surface area contributed by atoms with E-state index in [1.165, 1.54) is 12.1 Å². The lowest BCUT2D eigenvalue weighted by Gasteiger charge is -2.07. The first-order valence-electron chi connectivity index (χ1n) is 7.58. The van der Waals surface area contributed by atoms with Crippen LogP contribution in [0.2, 0.25) is 0 Å². The van der Waals surface area contributed by atoms with Crippen LogP contribution in [0.15, 0.2) is 59.5 Å². The number of benzene rings is 2. The van der Waals surface area contributed by atoms with Crippen LogP contribution in [0.5, 0.6) is 0 Å². The first-order valence-corrected chi connectivity index (χ1v) is 9.12. The summed E-state index contributed by atoms with van der Waals surface area (Å²) in [5, 5.41) is 10.3. The van der Waals surface area contributed by atoms with Crippen molar-refractivity contribution in [3.63, 3.8) is 0 Å². The van der Waals surface area contributed by atoms with Crippen LogP contribution in [0.25, 0.3) is 0 Å². The van der Waals surface area contributed by atoms with Gasteiger partial charge in [0.15, 0.2) is 0 Å². The molecule has 2 aromatic rings. The molecule has 0 aliphatic carbocycles. The summed E-state index contributed by atoms with van der Waals surface area (Å²) < 4.78 is 22.3. The van der Waals surface area contributed by atoms with Gasteiger partial charge in [-0.1, -0.05) is 30.3 Å². The number of carbonyl (C=O) groups excluding carboxylic acids is 2. The Bertz CT molecular complexity index is 834. The Kier molecular flexibility index (Phi) is 6.26. The van der Waals surface area contributed by atoms with Gasteiger partial charge in [-0.15, -0.1) is 0 Å². The van der Waals surface area contributed by atoms with Crippen LogP contribution in [-0.4, -0.2) is 33.3 Å². The average molecular weight is 361 g/mol. The minimum absolute atomic E-state index is 0.0453. The van der Waals surface area contributed by atoms with Gasteiger partial charge >= 0.3 is 0 Å². The van der Waals surface area contributed by atoms with E-state index in [1.807, 2.05) is 0 Å². The molecule has 0 atom stereocenters. The van der Waals surface area contributed by atoms with E-state index in [2.05, 4.69) is 10.6 Å². The normalized spacial score (nSPS) is 10.9. The number of amides is 2. The number of sulfonamides is 1. The first kappa shape index (κ1) is 18.6. The number of hydrogen-bond acceptors (Lipinski definition) is 4. The molecule has 0 radical (unpaired) electrons. The Morgan fingerprint density at radius 1 is 0.920 bits per heavy atom. The maximum Gasteiger partial charge on any atom is 0.251 e. The summed E-state index contributed by atoms with van der Waals surface area (Å²) in [7, 11) is -3.70. The standard InChI is InChI=1S/C17H19N3O4S/c18-25(23,24)15-8-6-13(7-9-15)10-11-19-16(21)12-20-17(22)14-4-2-1-3-5-14/h1-9H,10-12H2,(H,19,21)(H,20,22)(H2,18,23,24). The molecule has 7 nitrogen and oxygen atoms in total. The molecule has 2 rings (SSSR count). The van der Waals surface area contributed by atoms with Crippen molar-refractivity contribution in [1.82, 2.24) is 10.6 Å². The van der Waals surface area contributed by atoms with Gasteiger partial charge < -0.3 is 10.6 Å². The van der Waals surface area contributed by atoms with E-state index in [1.54, 1.807) is 42.5 Å².